The molecule has 0 heterocycles. The van der Waals surface area contributed by atoms with Gasteiger partial charge in [0.1, 0.15) is 0 Å². The Hall–Kier alpha value is -1.66. The van der Waals surface area contributed by atoms with E-state index in [0.29, 0.717) is 19.4 Å². The zero-order valence-electron chi connectivity index (χ0n) is 52.9. The molecule has 0 aliphatic carbocycles. The number of aliphatic hydroxyl groups excluding tert-OH is 2. The molecule has 0 aromatic carbocycles. The van der Waals surface area contributed by atoms with Crippen molar-refractivity contribution < 1.29 is 24.5 Å². The van der Waals surface area contributed by atoms with E-state index in [4.69, 9.17) is 4.74 Å². The first-order chi connectivity index (χ1) is 38.5. The van der Waals surface area contributed by atoms with Crippen LogP contribution in [-0.4, -0.2) is 47.4 Å². The SMILES string of the molecule is CCCCCCC/C=C\CCCCCCCC(=O)OCCCCCCCCCCCCCCCCCCCCCCCCC(=O)NC(CO)C(O)/C=C/CCCCCCCCCCCCCCCCCCCCCCCCC. The molecule has 0 radical (unpaired) electrons. The highest BCUT2D eigenvalue weighted by molar-refractivity contribution is 5.76. The van der Waals surface area contributed by atoms with Gasteiger partial charge in [0.05, 0.1) is 25.4 Å². The summed E-state index contributed by atoms with van der Waals surface area (Å²) in [5.74, 6) is -0.0585. The predicted molar refractivity (Wildman–Crippen MR) is 343 cm³/mol. The summed E-state index contributed by atoms with van der Waals surface area (Å²) in [6, 6.07) is -0.629. The van der Waals surface area contributed by atoms with Crippen LogP contribution in [0.15, 0.2) is 24.3 Å². The maximum atomic E-state index is 12.5. The second kappa shape index (κ2) is 67.8. The fourth-order valence-electron chi connectivity index (χ4n) is 11.3. The topological polar surface area (TPSA) is 95.9 Å². The number of hydrogen-bond acceptors (Lipinski definition) is 5. The van der Waals surface area contributed by atoms with E-state index < -0.39 is 12.1 Å². The van der Waals surface area contributed by atoms with Gasteiger partial charge in [-0.3, -0.25) is 9.59 Å². The number of esters is 1. The first-order valence-electron chi connectivity index (χ1n) is 35.6. The molecule has 0 saturated carbocycles. The Morgan fingerprint density at radius 2 is 0.603 bits per heavy atom. The second-order valence-corrected chi connectivity index (χ2v) is 24.6. The van der Waals surface area contributed by atoms with Gasteiger partial charge in [0.15, 0.2) is 0 Å². The highest BCUT2D eigenvalue weighted by Gasteiger charge is 2.18. The summed E-state index contributed by atoms with van der Waals surface area (Å²) in [5.41, 5.74) is 0. The summed E-state index contributed by atoms with van der Waals surface area (Å²) in [4.78, 5) is 24.6. The van der Waals surface area contributed by atoms with Gasteiger partial charge < -0.3 is 20.3 Å². The van der Waals surface area contributed by atoms with E-state index in [2.05, 4.69) is 31.3 Å². The zero-order valence-corrected chi connectivity index (χ0v) is 52.9. The number of allylic oxidation sites excluding steroid dienone is 3. The summed E-state index contributed by atoms with van der Waals surface area (Å²) in [7, 11) is 0. The maximum Gasteiger partial charge on any atom is 0.305 e. The van der Waals surface area contributed by atoms with Crippen molar-refractivity contribution in [3.8, 4) is 0 Å². The van der Waals surface area contributed by atoms with Crippen LogP contribution in [0.25, 0.3) is 0 Å². The van der Waals surface area contributed by atoms with Crippen molar-refractivity contribution in [3.05, 3.63) is 24.3 Å². The van der Waals surface area contributed by atoms with E-state index in [-0.39, 0.29) is 18.5 Å². The Labute approximate surface area is 488 Å². The summed E-state index contributed by atoms with van der Waals surface area (Å²) in [6.07, 6.45) is 85.4. The Kier molecular flexibility index (Phi) is 66.4. The number of unbranched alkanes of at least 4 members (excludes halogenated alkanes) is 54. The van der Waals surface area contributed by atoms with Crippen molar-refractivity contribution in [2.45, 2.75) is 411 Å². The Balaban J connectivity index is 3.41. The molecule has 0 aromatic rings. The molecule has 0 aliphatic heterocycles. The van der Waals surface area contributed by atoms with E-state index in [1.807, 2.05) is 6.08 Å². The van der Waals surface area contributed by atoms with Crippen molar-refractivity contribution in [1.82, 2.24) is 5.32 Å². The fourth-order valence-corrected chi connectivity index (χ4v) is 11.3. The Bertz CT molecular complexity index is 1220. The van der Waals surface area contributed by atoms with Crippen LogP contribution < -0.4 is 5.32 Å². The van der Waals surface area contributed by atoms with Crippen LogP contribution in [0.2, 0.25) is 0 Å². The molecule has 1 amide bonds. The molecule has 2 atom stereocenters. The van der Waals surface area contributed by atoms with Crippen LogP contribution in [0.5, 0.6) is 0 Å². The van der Waals surface area contributed by atoms with Crippen LogP contribution in [0.3, 0.4) is 0 Å². The van der Waals surface area contributed by atoms with Gasteiger partial charge in [-0.2, -0.15) is 0 Å². The Morgan fingerprint density at radius 3 is 0.910 bits per heavy atom. The zero-order chi connectivity index (χ0) is 56.4. The molecule has 0 rings (SSSR count). The third kappa shape index (κ3) is 63.5. The van der Waals surface area contributed by atoms with Crippen LogP contribution in [0.1, 0.15) is 399 Å². The molecule has 0 saturated heterocycles. The van der Waals surface area contributed by atoms with Crippen molar-refractivity contribution in [2.24, 2.45) is 0 Å². The van der Waals surface area contributed by atoms with Crippen molar-refractivity contribution in [1.29, 1.82) is 0 Å². The third-order valence-corrected chi connectivity index (χ3v) is 16.7. The molecule has 0 bridgehead atoms. The number of carbonyl (C=O) groups excluding carboxylic acids is 2. The molecule has 6 heteroatoms. The average Bonchev–Trinajstić information content (AvgIpc) is 3.44. The summed E-state index contributed by atoms with van der Waals surface area (Å²) < 4.78 is 5.48. The van der Waals surface area contributed by atoms with Gasteiger partial charge >= 0.3 is 5.97 Å². The largest absolute Gasteiger partial charge is 0.466 e. The van der Waals surface area contributed by atoms with Gasteiger partial charge in [0.25, 0.3) is 0 Å². The van der Waals surface area contributed by atoms with E-state index >= 15 is 0 Å². The molecule has 0 aromatic heterocycles. The lowest BCUT2D eigenvalue weighted by Crippen LogP contribution is -2.45. The van der Waals surface area contributed by atoms with Crippen LogP contribution in [0, 0.1) is 0 Å². The van der Waals surface area contributed by atoms with Crippen molar-refractivity contribution in [3.63, 3.8) is 0 Å². The fraction of sp³-hybridized carbons (Fsp3) is 0.917. The molecular weight excluding hydrogens is 959 g/mol. The predicted octanol–water partition coefficient (Wildman–Crippen LogP) is 22.9. The molecule has 0 spiro atoms. The number of amides is 1. The number of aliphatic hydroxyl groups is 2. The van der Waals surface area contributed by atoms with Gasteiger partial charge in [-0.25, -0.2) is 0 Å². The van der Waals surface area contributed by atoms with Crippen LogP contribution >= 0.6 is 0 Å². The molecule has 0 fully saturated rings. The standard InChI is InChI=1S/C72H139NO5/c1-3-5-7-9-11-13-15-17-19-20-21-22-23-24-25-28-31-34-37-40-44-48-52-56-60-64-70(75)69(68-74)73-71(76)65-61-57-53-49-45-41-38-35-32-29-26-27-30-33-36-39-43-47-51-55-59-63-67-78-72(77)66-62-58-54-50-46-42-18-16-14-12-10-8-6-4-2/h16,18,60,64,69-70,74-75H,3-15,17,19-59,61-63,65-68H2,1-2H3,(H,73,76)/b18-16-,64-60+. The lowest BCUT2D eigenvalue weighted by atomic mass is 10.0. The lowest BCUT2D eigenvalue weighted by molar-refractivity contribution is -0.143. The van der Waals surface area contributed by atoms with Gasteiger partial charge in [0, 0.05) is 12.8 Å². The van der Waals surface area contributed by atoms with E-state index in [1.165, 1.54) is 327 Å². The van der Waals surface area contributed by atoms with Crippen LogP contribution in [0.4, 0.5) is 0 Å². The molecule has 3 N–H and O–H groups in total. The van der Waals surface area contributed by atoms with Gasteiger partial charge in [0.2, 0.25) is 5.91 Å². The molecule has 78 heavy (non-hydrogen) atoms. The summed E-state index contributed by atoms with van der Waals surface area (Å²) in [6.45, 7) is 4.93. The smallest absolute Gasteiger partial charge is 0.305 e. The summed E-state index contributed by atoms with van der Waals surface area (Å²) in [5, 5.41) is 23.3. The highest BCUT2D eigenvalue weighted by atomic mass is 16.5. The molecule has 0 aliphatic rings. The number of carbonyl (C=O) groups is 2. The van der Waals surface area contributed by atoms with Crippen LogP contribution in [-0.2, 0) is 14.3 Å². The second-order valence-electron chi connectivity index (χ2n) is 24.6. The first-order valence-corrected chi connectivity index (χ1v) is 35.6. The van der Waals surface area contributed by atoms with Gasteiger partial charge in [-0.15, -0.1) is 0 Å². The van der Waals surface area contributed by atoms with Gasteiger partial charge in [-0.05, 0) is 57.8 Å². The molecule has 2 unspecified atom stereocenters. The number of hydrogen-bond donors (Lipinski definition) is 3. The third-order valence-electron chi connectivity index (χ3n) is 16.7. The number of ether oxygens (including phenoxy) is 1. The molecular formula is C72H139NO5. The van der Waals surface area contributed by atoms with Crippen molar-refractivity contribution >= 4 is 11.9 Å². The minimum Gasteiger partial charge on any atom is -0.466 e. The average molecular weight is 1100 g/mol. The highest BCUT2D eigenvalue weighted by Crippen LogP contribution is 2.19. The van der Waals surface area contributed by atoms with E-state index in [1.54, 1.807) is 6.08 Å². The maximum absolute atomic E-state index is 12.5. The van der Waals surface area contributed by atoms with Gasteiger partial charge in [-0.1, -0.05) is 353 Å². The molecule has 6 nitrogen and oxygen atoms in total. The minimum atomic E-state index is -0.846. The quantitative estimate of drug-likeness (QED) is 0.0320. The first kappa shape index (κ1) is 76.3. The lowest BCUT2D eigenvalue weighted by Gasteiger charge is -2.20. The number of rotatable bonds is 67. The molecule has 462 valence electrons. The number of nitrogens with one attached hydrogen (secondary N) is 1. The van der Waals surface area contributed by atoms with E-state index in [0.717, 1.165) is 44.9 Å². The monoisotopic (exact) mass is 1100 g/mol. The van der Waals surface area contributed by atoms with Crippen molar-refractivity contribution in [2.75, 3.05) is 13.2 Å². The minimum absolute atomic E-state index is 0.00507. The Morgan fingerprint density at radius 1 is 0.346 bits per heavy atom. The normalized spacial score (nSPS) is 12.6. The summed E-state index contributed by atoms with van der Waals surface area (Å²) >= 11 is 0. The van der Waals surface area contributed by atoms with E-state index in [9.17, 15) is 19.8 Å².